The summed E-state index contributed by atoms with van der Waals surface area (Å²) < 4.78 is 13.4. The molecule has 1 heterocycles. The van der Waals surface area contributed by atoms with Gasteiger partial charge in [-0.25, -0.2) is 4.39 Å². The Hall–Kier alpha value is -1.38. The summed E-state index contributed by atoms with van der Waals surface area (Å²) in [7, 11) is 0. The Morgan fingerprint density at radius 3 is 2.73 bits per heavy atom. The molecule has 0 aliphatic carbocycles. The van der Waals surface area contributed by atoms with Gasteiger partial charge in [0.2, 0.25) is 0 Å². The lowest BCUT2D eigenvalue weighted by molar-refractivity contribution is 0.0647. The zero-order valence-electron chi connectivity index (χ0n) is 8.79. The molecule has 0 radical (unpaired) electrons. The van der Waals surface area contributed by atoms with Crippen LogP contribution in [0.1, 0.15) is 29.3 Å². The predicted octanol–water partition coefficient (Wildman–Crippen LogP) is 2.23. The van der Waals surface area contributed by atoms with Crippen molar-refractivity contribution in [2.75, 3.05) is 13.1 Å². The minimum atomic E-state index is -0.413. The number of amides is 1. The van der Waals surface area contributed by atoms with Crippen LogP contribution in [-0.2, 0) is 6.42 Å². The Morgan fingerprint density at radius 1 is 1.47 bits per heavy atom. The van der Waals surface area contributed by atoms with E-state index in [4.69, 9.17) is 0 Å². The van der Waals surface area contributed by atoms with E-state index in [-0.39, 0.29) is 11.5 Å². The van der Waals surface area contributed by atoms with Gasteiger partial charge >= 0.3 is 0 Å². The van der Waals surface area contributed by atoms with Gasteiger partial charge in [0.1, 0.15) is 5.82 Å². The summed E-state index contributed by atoms with van der Waals surface area (Å²) in [6.45, 7) is 3.51. The van der Waals surface area contributed by atoms with Crippen LogP contribution in [0.15, 0.2) is 18.2 Å². The van der Waals surface area contributed by atoms with Crippen LogP contribution in [0.4, 0.5) is 4.39 Å². The normalized spacial score (nSPS) is 14.9. The summed E-state index contributed by atoms with van der Waals surface area (Å²) in [5.41, 5.74) is 1.22. The van der Waals surface area contributed by atoms with Crippen LogP contribution in [0, 0.1) is 5.82 Å². The van der Waals surface area contributed by atoms with E-state index in [9.17, 15) is 9.18 Å². The first-order chi connectivity index (χ1) is 7.22. The van der Waals surface area contributed by atoms with Crippen molar-refractivity contribution in [3.63, 3.8) is 0 Å². The standard InChI is InChI=1S/C12H14FNO/c1-2-9-4-5-11(13)10(8-9)12(15)14-6-3-7-14/h4-5,8H,2-3,6-7H2,1H3. The van der Waals surface area contributed by atoms with Crippen LogP contribution in [0.2, 0.25) is 0 Å². The van der Waals surface area contributed by atoms with Crippen LogP contribution in [0.5, 0.6) is 0 Å². The maximum Gasteiger partial charge on any atom is 0.256 e. The van der Waals surface area contributed by atoms with Crippen molar-refractivity contribution < 1.29 is 9.18 Å². The van der Waals surface area contributed by atoms with E-state index in [1.54, 1.807) is 17.0 Å². The minimum Gasteiger partial charge on any atom is -0.338 e. The fraction of sp³-hybridized carbons (Fsp3) is 0.417. The van der Waals surface area contributed by atoms with Gasteiger partial charge in [-0.05, 0) is 30.5 Å². The molecule has 1 amide bonds. The van der Waals surface area contributed by atoms with Gasteiger partial charge in [0.25, 0.3) is 5.91 Å². The molecule has 0 N–H and O–H groups in total. The second-order valence-electron chi connectivity index (χ2n) is 3.81. The van der Waals surface area contributed by atoms with E-state index in [0.29, 0.717) is 0 Å². The molecular weight excluding hydrogens is 193 g/mol. The van der Waals surface area contributed by atoms with Gasteiger partial charge in [0, 0.05) is 13.1 Å². The molecule has 0 bridgehead atoms. The maximum absolute atomic E-state index is 13.4. The lowest BCUT2D eigenvalue weighted by Gasteiger charge is -2.31. The van der Waals surface area contributed by atoms with Crippen LogP contribution in [0.3, 0.4) is 0 Å². The molecule has 2 nitrogen and oxygen atoms in total. The molecule has 15 heavy (non-hydrogen) atoms. The fourth-order valence-corrected chi connectivity index (χ4v) is 1.65. The van der Waals surface area contributed by atoms with Crippen LogP contribution in [-0.4, -0.2) is 23.9 Å². The van der Waals surface area contributed by atoms with Crippen LogP contribution in [0.25, 0.3) is 0 Å². The van der Waals surface area contributed by atoms with Crippen LogP contribution < -0.4 is 0 Å². The average molecular weight is 207 g/mol. The van der Waals surface area contributed by atoms with E-state index in [1.165, 1.54) is 6.07 Å². The smallest absolute Gasteiger partial charge is 0.256 e. The zero-order valence-corrected chi connectivity index (χ0v) is 8.79. The van der Waals surface area contributed by atoms with Crippen molar-refractivity contribution >= 4 is 5.91 Å². The van der Waals surface area contributed by atoms with Gasteiger partial charge in [-0.1, -0.05) is 13.0 Å². The third kappa shape index (κ3) is 1.87. The summed E-state index contributed by atoms with van der Waals surface area (Å²) in [6, 6.07) is 4.77. The number of halogens is 1. The lowest BCUT2D eigenvalue weighted by atomic mass is 10.1. The third-order valence-electron chi connectivity index (χ3n) is 2.81. The Balaban J connectivity index is 2.28. The van der Waals surface area contributed by atoms with Gasteiger partial charge in [-0.3, -0.25) is 4.79 Å². The minimum absolute atomic E-state index is 0.172. The van der Waals surface area contributed by atoms with E-state index in [2.05, 4.69) is 0 Å². The SMILES string of the molecule is CCc1ccc(F)c(C(=O)N2CCC2)c1. The number of rotatable bonds is 2. The van der Waals surface area contributed by atoms with Crippen molar-refractivity contribution in [2.45, 2.75) is 19.8 Å². The van der Waals surface area contributed by atoms with Gasteiger partial charge in [0.15, 0.2) is 0 Å². The molecule has 1 fully saturated rings. The number of carbonyl (C=O) groups is 1. The van der Waals surface area contributed by atoms with Gasteiger partial charge in [0.05, 0.1) is 5.56 Å². The van der Waals surface area contributed by atoms with Crippen LogP contribution >= 0.6 is 0 Å². The number of likely N-dealkylation sites (tertiary alicyclic amines) is 1. The lowest BCUT2D eigenvalue weighted by Crippen LogP contribution is -2.42. The van der Waals surface area contributed by atoms with E-state index in [0.717, 1.165) is 31.5 Å². The molecule has 0 aromatic heterocycles. The molecule has 1 aromatic carbocycles. The summed E-state index contributed by atoms with van der Waals surface area (Å²) in [5.74, 6) is -0.585. The number of benzene rings is 1. The Labute approximate surface area is 88.7 Å². The first-order valence-corrected chi connectivity index (χ1v) is 5.30. The van der Waals surface area contributed by atoms with Gasteiger partial charge in [-0.2, -0.15) is 0 Å². The molecule has 0 saturated carbocycles. The second kappa shape index (κ2) is 4.01. The molecule has 0 spiro atoms. The highest BCUT2D eigenvalue weighted by molar-refractivity contribution is 5.95. The van der Waals surface area contributed by atoms with E-state index < -0.39 is 5.82 Å². The summed E-state index contributed by atoms with van der Waals surface area (Å²) in [6.07, 6.45) is 1.85. The molecule has 0 atom stereocenters. The first-order valence-electron chi connectivity index (χ1n) is 5.30. The quantitative estimate of drug-likeness (QED) is 0.728. The number of nitrogens with zero attached hydrogens (tertiary/aromatic N) is 1. The molecule has 1 aliphatic rings. The van der Waals surface area contributed by atoms with Crippen molar-refractivity contribution in [3.8, 4) is 0 Å². The number of carbonyl (C=O) groups excluding carboxylic acids is 1. The van der Waals surface area contributed by atoms with Crippen molar-refractivity contribution in [1.82, 2.24) is 4.90 Å². The molecule has 1 saturated heterocycles. The Kier molecular flexibility index (Phi) is 2.71. The molecule has 3 heteroatoms. The van der Waals surface area contributed by atoms with E-state index >= 15 is 0 Å². The molecule has 2 rings (SSSR count). The van der Waals surface area contributed by atoms with E-state index in [1.807, 2.05) is 6.92 Å². The Bertz CT molecular complexity index is 385. The molecule has 0 unspecified atom stereocenters. The molecule has 1 aromatic rings. The Morgan fingerprint density at radius 2 is 2.20 bits per heavy atom. The van der Waals surface area contributed by atoms with Gasteiger partial charge in [-0.15, -0.1) is 0 Å². The first kappa shape index (κ1) is 10.1. The summed E-state index contributed by atoms with van der Waals surface area (Å²) in [5, 5.41) is 0. The third-order valence-corrected chi connectivity index (χ3v) is 2.81. The topological polar surface area (TPSA) is 20.3 Å². The maximum atomic E-state index is 13.4. The molecule has 1 aliphatic heterocycles. The largest absolute Gasteiger partial charge is 0.338 e. The highest BCUT2D eigenvalue weighted by Crippen LogP contribution is 2.17. The monoisotopic (exact) mass is 207 g/mol. The van der Waals surface area contributed by atoms with Gasteiger partial charge < -0.3 is 4.90 Å². The number of hydrogen-bond donors (Lipinski definition) is 0. The van der Waals surface area contributed by atoms with Crippen molar-refractivity contribution in [2.24, 2.45) is 0 Å². The zero-order chi connectivity index (χ0) is 10.8. The average Bonchev–Trinajstić information content (AvgIpc) is 2.15. The highest BCUT2D eigenvalue weighted by atomic mass is 19.1. The second-order valence-corrected chi connectivity index (χ2v) is 3.81. The highest BCUT2D eigenvalue weighted by Gasteiger charge is 2.23. The summed E-state index contributed by atoms with van der Waals surface area (Å²) >= 11 is 0. The predicted molar refractivity (Wildman–Crippen MR) is 56.3 cm³/mol. The van der Waals surface area contributed by atoms with Crippen molar-refractivity contribution in [3.05, 3.63) is 35.1 Å². The van der Waals surface area contributed by atoms with Crippen molar-refractivity contribution in [1.29, 1.82) is 0 Å². The molecular formula is C12H14FNO. The number of aryl methyl sites for hydroxylation is 1. The fourth-order valence-electron chi connectivity index (χ4n) is 1.65. The summed E-state index contributed by atoms with van der Waals surface area (Å²) in [4.78, 5) is 13.5. The number of hydrogen-bond acceptors (Lipinski definition) is 1. The molecule has 80 valence electrons.